The lowest BCUT2D eigenvalue weighted by molar-refractivity contribution is -0.125. The van der Waals surface area contributed by atoms with Crippen LogP contribution < -0.4 is 15.0 Å². The van der Waals surface area contributed by atoms with Crippen LogP contribution in [0.1, 0.15) is 13.3 Å². The van der Waals surface area contributed by atoms with E-state index in [1.165, 1.54) is 0 Å². The van der Waals surface area contributed by atoms with Crippen LogP contribution in [-0.2, 0) is 9.59 Å². The summed E-state index contributed by atoms with van der Waals surface area (Å²) < 4.78 is 5.58. The topological polar surface area (TPSA) is 71.5 Å². The normalized spacial score (nSPS) is 16.5. The lowest BCUT2D eigenvalue weighted by Crippen LogP contribution is -2.45. The summed E-state index contributed by atoms with van der Waals surface area (Å²) in [5.74, 6) is 0.371. The Kier molecular flexibility index (Phi) is 4.23. The van der Waals surface area contributed by atoms with Gasteiger partial charge in [0.2, 0.25) is 5.91 Å². The van der Waals surface area contributed by atoms with Gasteiger partial charge in [0.1, 0.15) is 5.75 Å². The molecule has 2 heterocycles. The number of fused-ring (bicyclic) bond motifs is 1. The second-order valence-electron chi connectivity index (χ2n) is 5.25. The number of nitrogens with zero attached hydrogens (tertiary/aromatic N) is 2. The van der Waals surface area contributed by atoms with Crippen molar-refractivity contribution >= 4 is 23.2 Å². The summed E-state index contributed by atoms with van der Waals surface area (Å²) in [6.45, 7) is 2.02. The minimum absolute atomic E-state index is 0.139. The van der Waals surface area contributed by atoms with Gasteiger partial charge in [0.15, 0.2) is 6.10 Å². The van der Waals surface area contributed by atoms with E-state index in [9.17, 15) is 9.59 Å². The second-order valence-corrected chi connectivity index (χ2v) is 5.25. The number of ether oxygens (including phenoxy) is 1. The van der Waals surface area contributed by atoms with Gasteiger partial charge in [-0.25, -0.2) is 0 Å². The van der Waals surface area contributed by atoms with Gasteiger partial charge in [-0.05, 0) is 31.2 Å². The minimum atomic E-state index is -0.548. The highest BCUT2D eigenvalue weighted by atomic mass is 16.5. The molecule has 3 rings (SSSR count). The van der Waals surface area contributed by atoms with Crippen molar-refractivity contribution < 1.29 is 14.3 Å². The summed E-state index contributed by atoms with van der Waals surface area (Å²) in [4.78, 5) is 29.9. The molecule has 1 aromatic heterocycles. The molecule has 0 radical (unpaired) electrons. The van der Waals surface area contributed by atoms with Crippen molar-refractivity contribution in [3.63, 3.8) is 0 Å². The molecular weight excluding hydrogens is 294 g/mol. The molecule has 6 heteroatoms. The zero-order valence-corrected chi connectivity index (χ0v) is 12.7. The van der Waals surface area contributed by atoms with Gasteiger partial charge in [-0.15, -0.1) is 0 Å². The number of amides is 2. The quantitative estimate of drug-likeness (QED) is 0.940. The van der Waals surface area contributed by atoms with Crippen molar-refractivity contribution in [2.75, 3.05) is 16.8 Å². The molecule has 2 amide bonds. The summed E-state index contributed by atoms with van der Waals surface area (Å²) >= 11 is 0. The highest BCUT2D eigenvalue weighted by molar-refractivity contribution is 6.00. The number of hydrogen-bond acceptors (Lipinski definition) is 4. The fourth-order valence-corrected chi connectivity index (χ4v) is 2.46. The number of hydrogen-bond donors (Lipinski definition) is 1. The summed E-state index contributed by atoms with van der Waals surface area (Å²) in [6, 6.07) is 10.8. The number of rotatable bonds is 4. The van der Waals surface area contributed by atoms with Gasteiger partial charge >= 0.3 is 0 Å². The van der Waals surface area contributed by atoms with Crippen LogP contribution in [0.5, 0.6) is 5.75 Å². The van der Waals surface area contributed by atoms with E-state index in [-0.39, 0.29) is 18.2 Å². The van der Waals surface area contributed by atoms with Crippen molar-refractivity contribution in [3.8, 4) is 5.75 Å². The Balaban J connectivity index is 1.67. The van der Waals surface area contributed by atoms with Crippen LogP contribution in [0.3, 0.4) is 0 Å². The molecule has 0 spiro atoms. The molecule has 0 aliphatic carbocycles. The number of para-hydroxylation sites is 2. The molecule has 1 aliphatic heterocycles. The number of nitrogens with one attached hydrogen (secondary N) is 1. The predicted molar refractivity (Wildman–Crippen MR) is 86.4 cm³/mol. The molecule has 1 aromatic carbocycles. The monoisotopic (exact) mass is 311 g/mol. The molecule has 0 saturated heterocycles. The van der Waals surface area contributed by atoms with Gasteiger partial charge < -0.3 is 15.0 Å². The molecule has 23 heavy (non-hydrogen) atoms. The molecule has 0 unspecified atom stereocenters. The first-order chi connectivity index (χ1) is 11.1. The zero-order chi connectivity index (χ0) is 16.2. The van der Waals surface area contributed by atoms with Gasteiger partial charge in [-0.3, -0.25) is 14.6 Å². The maximum absolute atomic E-state index is 12.3. The maximum Gasteiger partial charge on any atom is 0.267 e. The van der Waals surface area contributed by atoms with E-state index in [4.69, 9.17) is 4.74 Å². The lowest BCUT2D eigenvalue weighted by atomic mass is 10.1. The Bertz CT molecular complexity index is 718. The standard InChI is InChI=1S/C17H17N3O3/c1-12-17(22)20(14-4-2-3-5-15(14)23-12)11-8-16(21)19-13-6-9-18-10-7-13/h2-7,9-10,12H,8,11H2,1H3,(H,18,19,21)/t12-/m1/s1. The number of pyridine rings is 1. The van der Waals surface area contributed by atoms with E-state index in [0.29, 0.717) is 23.7 Å². The Morgan fingerprint density at radius 2 is 2.00 bits per heavy atom. The average molecular weight is 311 g/mol. The number of carbonyl (C=O) groups excluding carboxylic acids is 2. The van der Waals surface area contributed by atoms with Crippen LogP contribution >= 0.6 is 0 Å². The fraction of sp³-hybridized carbons (Fsp3) is 0.235. The van der Waals surface area contributed by atoms with E-state index in [0.717, 1.165) is 0 Å². The average Bonchev–Trinajstić information content (AvgIpc) is 2.56. The molecule has 1 atom stereocenters. The number of anilines is 2. The van der Waals surface area contributed by atoms with Crippen molar-refractivity contribution in [3.05, 3.63) is 48.8 Å². The van der Waals surface area contributed by atoms with Crippen LogP contribution in [0.15, 0.2) is 48.8 Å². The highest BCUT2D eigenvalue weighted by Crippen LogP contribution is 2.33. The predicted octanol–water partition coefficient (Wildman–Crippen LogP) is 2.22. The third-order valence-corrected chi connectivity index (χ3v) is 3.60. The van der Waals surface area contributed by atoms with Gasteiger partial charge in [-0.1, -0.05) is 12.1 Å². The lowest BCUT2D eigenvalue weighted by Gasteiger charge is -2.32. The first-order valence-electron chi connectivity index (χ1n) is 7.42. The Morgan fingerprint density at radius 1 is 1.26 bits per heavy atom. The summed E-state index contributed by atoms with van der Waals surface area (Å²) in [5.41, 5.74) is 1.39. The molecule has 0 saturated carbocycles. The summed E-state index contributed by atoms with van der Waals surface area (Å²) in [5, 5.41) is 2.78. The van der Waals surface area contributed by atoms with Crippen molar-refractivity contribution in [2.24, 2.45) is 0 Å². The van der Waals surface area contributed by atoms with Crippen LogP contribution in [0.25, 0.3) is 0 Å². The molecule has 118 valence electrons. The molecular formula is C17H17N3O3. The summed E-state index contributed by atoms with van der Waals surface area (Å²) in [6.07, 6.45) is 2.88. The van der Waals surface area contributed by atoms with E-state index >= 15 is 0 Å². The van der Waals surface area contributed by atoms with Gasteiger partial charge in [-0.2, -0.15) is 0 Å². The summed E-state index contributed by atoms with van der Waals surface area (Å²) in [7, 11) is 0. The van der Waals surface area contributed by atoms with E-state index in [2.05, 4.69) is 10.3 Å². The van der Waals surface area contributed by atoms with Crippen molar-refractivity contribution in [1.82, 2.24) is 4.98 Å². The number of aromatic nitrogens is 1. The largest absolute Gasteiger partial charge is 0.479 e. The molecule has 1 aliphatic rings. The van der Waals surface area contributed by atoms with E-state index in [1.54, 1.807) is 36.4 Å². The SMILES string of the molecule is C[C@H]1Oc2ccccc2N(CCC(=O)Nc2ccncc2)C1=O. The van der Waals surface area contributed by atoms with E-state index in [1.807, 2.05) is 24.3 Å². The zero-order valence-electron chi connectivity index (χ0n) is 12.7. The van der Waals surface area contributed by atoms with Crippen LogP contribution in [0.2, 0.25) is 0 Å². The smallest absolute Gasteiger partial charge is 0.267 e. The van der Waals surface area contributed by atoms with Crippen molar-refractivity contribution in [1.29, 1.82) is 0 Å². The molecule has 0 fully saturated rings. The highest BCUT2D eigenvalue weighted by Gasteiger charge is 2.31. The van der Waals surface area contributed by atoms with Crippen LogP contribution in [-0.4, -0.2) is 29.4 Å². The minimum Gasteiger partial charge on any atom is -0.479 e. The van der Waals surface area contributed by atoms with Gasteiger partial charge in [0.05, 0.1) is 5.69 Å². The van der Waals surface area contributed by atoms with Crippen molar-refractivity contribution in [2.45, 2.75) is 19.4 Å². The first-order valence-corrected chi connectivity index (χ1v) is 7.42. The third kappa shape index (κ3) is 3.31. The Hall–Kier alpha value is -2.89. The van der Waals surface area contributed by atoms with Gasteiger partial charge in [0, 0.05) is 31.0 Å². The van der Waals surface area contributed by atoms with Gasteiger partial charge in [0.25, 0.3) is 5.91 Å². The second kappa shape index (κ2) is 6.48. The molecule has 2 aromatic rings. The number of carbonyl (C=O) groups is 2. The van der Waals surface area contributed by atoms with Crippen LogP contribution in [0.4, 0.5) is 11.4 Å². The maximum atomic E-state index is 12.3. The van der Waals surface area contributed by atoms with E-state index < -0.39 is 6.10 Å². The molecule has 1 N–H and O–H groups in total. The van der Waals surface area contributed by atoms with Crippen LogP contribution in [0, 0.1) is 0 Å². The molecule has 6 nitrogen and oxygen atoms in total. The third-order valence-electron chi connectivity index (χ3n) is 3.60. The fourth-order valence-electron chi connectivity index (χ4n) is 2.46. The molecule has 0 bridgehead atoms. The Morgan fingerprint density at radius 3 is 2.78 bits per heavy atom. The first kappa shape index (κ1) is 15.0. The Labute approximate surface area is 134 Å². The number of benzene rings is 1.